The Morgan fingerprint density at radius 1 is 1.44 bits per heavy atom. The summed E-state index contributed by atoms with van der Waals surface area (Å²) in [7, 11) is 0. The molecule has 4 N–H and O–H groups in total. The van der Waals surface area contributed by atoms with Crippen LogP contribution in [0.4, 0.5) is 0 Å². The minimum absolute atomic E-state index is 0.0943. The summed E-state index contributed by atoms with van der Waals surface area (Å²) in [5.74, 6) is -0.342. The van der Waals surface area contributed by atoms with Gasteiger partial charge in [0, 0.05) is 13.2 Å². The van der Waals surface area contributed by atoms with Crippen molar-refractivity contribution in [3.8, 4) is 0 Å². The van der Waals surface area contributed by atoms with E-state index in [9.17, 15) is 4.79 Å². The molecule has 0 rings (SSSR count). The number of amidine groups is 1. The van der Waals surface area contributed by atoms with Crippen molar-refractivity contribution in [1.82, 2.24) is 5.32 Å². The van der Waals surface area contributed by atoms with E-state index in [2.05, 4.69) is 10.5 Å². The van der Waals surface area contributed by atoms with Gasteiger partial charge in [-0.05, 0) is 40.5 Å². The number of carbonyl (C=O) groups excluding carboxylic acids is 1. The highest BCUT2D eigenvalue weighted by molar-refractivity contribution is 6.05. The summed E-state index contributed by atoms with van der Waals surface area (Å²) in [4.78, 5) is 11.8. The fraction of sp³-hybridized carbons (Fsp3) is 0.833. The van der Waals surface area contributed by atoms with E-state index < -0.39 is 5.41 Å². The molecule has 0 saturated heterocycles. The number of nitrogens with one attached hydrogen (secondary N) is 1. The highest BCUT2D eigenvalue weighted by atomic mass is 16.5. The lowest BCUT2D eigenvalue weighted by molar-refractivity contribution is -0.126. The Morgan fingerprint density at radius 2 is 2.06 bits per heavy atom. The smallest absolute Gasteiger partial charge is 0.233 e. The van der Waals surface area contributed by atoms with Gasteiger partial charge >= 0.3 is 0 Å². The molecule has 0 atom stereocenters. The molecule has 6 heteroatoms. The lowest BCUT2D eigenvalue weighted by Gasteiger charge is -2.21. The third-order valence-electron chi connectivity index (χ3n) is 2.62. The van der Waals surface area contributed by atoms with E-state index in [1.165, 1.54) is 0 Å². The minimum atomic E-state index is -0.997. The first-order chi connectivity index (χ1) is 8.32. The molecule has 0 fully saturated rings. The molecule has 0 aromatic rings. The van der Waals surface area contributed by atoms with Gasteiger partial charge in [0.25, 0.3) is 0 Å². The lowest BCUT2D eigenvalue weighted by atomic mass is 9.91. The first-order valence-corrected chi connectivity index (χ1v) is 6.20. The molecule has 0 aliphatic rings. The predicted octanol–water partition coefficient (Wildman–Crippen LogP) is 1.08. The van der Waals surface area contributed by atoms with Gasteiger partial charge in [-0.3, -0.25) is 4.79 Å². The Kier molecular flexibility index (Phi) is 7.35. The second-order valence-electron chi connectivity index (χ2n) is 4.99. The van der Waals surface area contributed by atoms with Crippen LogP contribution in [0.25, 0.3) is 0 Å². The number of nitrogens with two attached hydrogens (primary N) is 1. The monoisotopic (exact) mass is 259 g/mol. The van der Waals surface area contributed by atoms with Crippen molar-refractivity contribution in [2.24, 2.45) is 16.3 Å². The Bertz CT molecular complexity index is 288. The Balaban J connectivity index is 3.84. The van der Waals surface area contributed by atoms with Crippen molar-refractivity contribution in [1.29, 1.82) is 0 Å². The van der Waals surface area contributed by atoms with E-state index in [4.69, 9.17) is 15.7 Å². The van der Waals surface area contributed by atoms with Gasteiger partial charge in [0.2, 0.25) is 5.91 Å². The highest BCUT2D eigenvalue weighted by Gasteiger charge is 2.32. The van der Waals surface area contributed by atoms with Crippen LogP contribution in [0.15, 0.2) is 5.16 Å². The van der Waals surface area contributed by atoms with E-state index in [0.717, 1.165) is 12.8 Å². The van der Waals surface area contributed by atoms with E-state index in [1.807, 2.05) is 13.8 Å². The molecule has 0 bridgehead atoms. The summed E-state index contributed by atoms with van der Waals surface area (Å²) < 4.78 is 5.39. The number of carbonyl (C=O) groups is 1. The topological polar surface area (TPSA) is 96.9 Å². The second-order valence-corrected chi connectivity index (χ2v) is 4.99. The van der Waals surface area contributed by atoms with Crippen molar-refractivity contribution in [3.63, 3.8) is 0 Å². The number of oxime groups is 1. The molecule has 6 nitrogen and oxygen atoms in total. The number of hydrogen-bond donors (Lipinski definition) is 3. The molecule has 18 heavy (non-hydrogen) atoms. The van der Waals surface area contributed by atoms with Gasteiger partial charge in [-0.25, -0.2) is 0 Å². The molecular formula is C12H25N3O3. The molecule has 0 aliphatic carbocycles. The van der Waals surface area contributed by atoms with Crippen LogP contribution in [0.5, 0.6) is 0 Å². The minimum Gasteiger partial charge on any atom is -0.409 e. The number of hydrogen-bond acceptors (Lipinski definition) is 4. The zero-order valence-corrected chi connectivity index (χ0v) is 11.7. The van der Waals surface area contributed by atoms with Gasteiger partial charge in [0.05, 0.1) is 6.10 Å². The van der Waals surface area contributed by atoms with Gasteiger partial charge in [-0.2, -0.15) is 0 Å². The van der Waals surface area contributed by atoms with Crippen molar-refractivity contribution in [2.75, 3.05) is 13.2 Å². The summed E-state index contributed by atoms with van der Waals surface area (Å²) in [5, 5.41) is 14.2. The van der Waals surface area contributed by atoms with Gasteiger partial charge in [-0.15, -0.1) is 0 Å². The molecule has 106 valence electrons. The van der Waals surface area contributed by atoms with E-state index in [-0.39, 0.29) is 17.8 Å². The van der Waals surface area contributed by atoms with Crippen LogP contribution in [-0.4, -0.2) is 36.2 Å². The predicted molar refractivity (Wildman–Crippen MR) is 70.5 cm³/mol. The standard InChI is InChI=1S/C12H25N3O3/c1-9(2)18-8-6-5-7-14-11(16)12(3,4)10(13)15-17/h9,17H,5-8H2,1-4H3,(H2,13,15)(H,14,16). The Hall–Kier alpha value is -1.30. The van der Waals surface area contributed by atoms with Crippen LogP contribution >= 0.6 is 0 Å². The fourth-order valence-electron chi connectivity index (χ4n) is 1.21. The third-order valence-corrected chi connectivity index (χ3v) is 2.62. The Labute approximate surface area is 109 Å². The van der Waals surface area contributed by atoms with Gasteiger partial charge in [0.1, 0.15) is 5.41 Å². The van der Waals surface area contributed by atoms with Gasteiger partial charge in [0.15, 0.2) is 5.84 Å². The lowest BCUT2D eigenvalue weighted by Crippen LogP contribution is -2.46. The molecule has 0 aliphatic heterocycles. The average molecular weight is 259 g/mol. The maximum Gasteiger partial charge on any atom is 0.233 e. The highest BCUT2D eigenvalue weighted by Crippen LogP contribution is 2.14. The molecule has 1 amide bonds. The molecule has 0 aromatic heterocycles. The Morgan fingerprint density at radius 3 is 2.56 bits per heavy atom. The average Bonchev–Trinajstić information content (AvgIpc) is 2.31. The SMILES string of the molecule is CC(C)OCCCCNC(=O)C(C)(C)C(N)=NO. The van der Waals surface area contributed by atoms with Crippen molar-refractivity contribution in [2.45, 2.75) is 46.6 Å². The van der Waals surface area contributed by atoms with Gasteiger partial charge in [-0.1, -0.05) is 5.16 Å². The van der Waals surface area contributed by atoms with Crippen LogP contribution in [0.1, 0.15) is 40.5 Å². The summed E-state index contributed by atoms with van der Waals surface area (Å²) in [6.45, 7) is 8.45. The zero-order chi connectivity index (χ0) is 14.2. The van der Waals surface area contributed by atoms with Crippen molar-refractivity contribution < 1.29 is 14.7 Å². The van der Waals surface area contributed by atoms with Gasteiger partial charge < -0.3 is 21.0 Å². The molecule has 0 spiro atoms. The van der Waals surface area contributed by atoms with Crippen LogP contribution in [0.2, 0.25) is 0 Å². The number of rotatable bonds is 8. The molecule has 0 aromatic carbocycles. The molecule has 0 unspecified atom stereocenters. The van der Waals surface area contributed by atoms with Crippen molar-refractivity contribution in [3.05, 3.63) is 0 Å². The maximum absolute atomic E-state index is 11.8. The van der Waals surface area contributed by atoms with E-state index in [0.29, 0.717) is 13.2 Å². The first-order valence-electron chi connectivity index (χ1n) is 6.20. The molecule has 0 radical (unpaired) electrons. The molecule has 0 heterocycles. The number of unbranched alkanes of at least 4 members (excludes halogenated alkanes) is 1. The number of amides is 1. The quantitative estimate of drug-likeness (QED) is 0.200. The summed E-state index contributed by atoms with van der Waals surface area (Å²) in [5.41, 5.74) is 4.46. The van der Waals surface area contributed by atoms with Crippen LogP contribution in [0, 0.1) is 5.41 Å². The van der Waals surface area contributed by atoms with Crippen LogP contribution in [0.3, 0.4) is 0 Å². The number of nitrogens with zero attached hydrogens (tertiary/aromatic N) is 1. The maximum atomic E-state index is 11.8. The summed E-state index contributed by atoms with van der Waals surface area (Å²) in [6, 6.07) is 0. The largest absolute Gasteiger partial charge is 0.409 e. The zero-order valence-electron chi connectivity index (χ0n) is 11.7. The first kappa shape index (κ1) is 16.7. The van der Waals surface area contributed by atoms with E-state index >= 15 is 0 Å². The fourth-order valence-corrected chi connectivity index (χ4v) is 1.21. The summed E-state index contributed by atoms with van der Waals surface area (Å²) in [6.07, 6.45) is 1.96. The normalized spacial score (nSPS) is 12.8. The summed E-state index contributed by atoms with van der Waals surface area (Å²) >= 11 is 0. The second kappa shape index (κ2) is 7.92. The number of ether oxygens (including phenoxy) is 1. The van der Waals surface area contributed by atoms with Crippen molar-refractivity contribution >= 4 is 11.7 Å². The van der Waals surface area contributed by atoms with Crippen LogP contribution in [-0.2, 0) is 9.53 Å². The third kappa shape index (κ3) is 5.86. The van der Waals surface area contributed by atoms with E-state index in [1.54, 1.807) is 13.8 Å². The molecule has 0 saturated carbocycles. The molecular weight excluding hydrogens is 234 g/mol. The van der Waals surface area contributed by atoms with Crippen LogP contribution < -0.4 is 11.1 Å².